The molecule has 0 aliphatic rings. The zero-order chi connectivity index (χ0) is 28.9. The van der Waals surface area contributed by atoms with Crippen LogP contribution in [-0.4, -0.2) is 51.2 Å². The second-order valence-corrected chi connectivity index (χ2v) is 9.98. The number of hydrogen-bond donors (Lipinski definition) is 2. The summed E-state index contributed by atoms with van der Waals surface area (Å²) in [5.41, 5.74) is 2.00. The molecule has 3 rings (SSSR count). The van der Waals surface area contributed by atoms with Crippen LogP contribution in [-0.2, 0) is 11.3 Å². The molecule has 39 heavy (non-hydrogen) atoms. The molecule has 1 aromatic heterocycles. The smallest absolute Gasteiger partial charge is 0.343 e. The average Bonchev–Trinajstić information content (AvgIpc) is 2.91. The Bertz CT molecular complexity index is 1320. The second-order valence-electron chi connectivity index (χ2n) is 9.98. The summed E-state index contributed by atoms with van der Waals surface area (Å²) in [5, 5.41) is 19.6. The molecule has 2 N–H and O–H groups in total. The van der Waals surface area contributed by atoms with Gasteiger partial charge in [-0.25, -0.2) is 14.2 Å². The van der Waals surface area contributed by atoms with Gasteiger partial charge < -0.3 is 19.7 Å². The van der Waals surface area contributed by atoms with E-state index in [0.29, 0.717) is 34.5 Å². The molecule has 3 aromatic rings. The van der Waals surface area contributed by atoms with E-state index in [-0.39, 0.29) is 23.5 Å². The third kappa shape index (κ3) is 7.19. The Morgan fingerprint density at radius 3 is 2.33 bits per heavy atom. The summed E-state index contributed by atoms with van der Waals surface area (Å²) in [6.45, 7) is 10.1. The molecule has 9 heteroatoms. The van der Waals surface area contributed by atoms with Crippen LogP contribution in [0.25, 0.3) is 11.1 Å². The maximum absolute atomic E-state index is 14.7. The van der Waals surface area contributed by atoms with E-state index in [1.54, 1.807) is 30.3 Å². The first-order chi connectivity index (χ1) is 18.4. The van der Waals surface area contributed by atoms with E-state index in [1.165, 1.54) is 32.2 Å². The molecular formula is C30H35FN2O6. The number of hydrogen-bond acceptors (Lipinski definition) is 7. The van der Waals surface area contributed by atoms with Gasteiger partial charge in [-0.05, 0) is 70.0 Å². The fraction of sp³-hybridized carbons (Fsp3) is 0.367. The Labute approximate surface area is 228 Å². The van der Waals surface area contributed by atoms with Crippen molar-refractivity contribution in [2.75, 3.05) is 7.11 Å². The molecule has 0 amide bonds. The van der Waals surface area contributed by atoms with E-state index in [0.717, 1.165) is 6.20 Å². The number of ether oxygens (including phenoxy) is 2. The molecule has 0 bridgehead atoms. The summed E-state index contributed by atoms with van der Waals surface area (Å²) in [6, 6.07) is 13.0. The Hall–Kier alpha value is -3.82. The molecule has 208 valence electrons. The molecule has 0 aliphatic carbocycles. The molecule has 2 aromatic carbocycles. The highest BCUT2D eigenvalue weighted by Crippen LogP contribution is 2.32. The Morgan fingerprint density at radius 1 is 1.03 bits per heavy atom. The SMILES string of the molecule is COc1cc(-c2ccc(OC(=O)c3cccc([C@H](O)[C@H](C)C(=O)O)c3)c(CN(C(C)C)C(C)C)c2)c(F)cn1. The minimum absolute atomic E-state index is 0.161. The minimum atomic E-state index is -1.29. The van der Waals surface area contributed by atoms with Crippen molar-refractivity contribution in [3.8, 4) is 22.8 Å². The lowest BCUT2D eigenvalue weighted by atomic mass is 9.96. The molecule has 0 fully saturated rings. The fourth-order valence-electron chi connectivity index (χ4n) is 4.31. The molecule has 0 unspecified atom stereocenters. The molecule has 0 saturated heterocycles. The number of carboxylic acid groups (broad SMARTS) is 1. The lowest BCUT2D eigenvalue weighted by Gasteiger charge is -2.31. The van der Waals surface area contributed by atoms with Gasteiger partial charge in [0.1, 0.15) is 11.6 Å². The third-order valence-corrected chi connectivity index (χ3v) is 6.62. The molecule has 0 radical (unpaired) electrons. The van der Waals surface area contributed by atoms with Crippen LogP contribution >= 0.6 is 0 Å². The number of rotatable bonds is 11. The summed E-state index contributed by atoms with van der Waals surface area (Å²) < 4.78 is 25.7. The van der Waals surface area contributed by atoms with Gasteiger partial charge in [0.05, 0.1) is 30.9 Å². The highest BCUT2D eigenvalue weighted by Gasteiger charge is 2.24. The van der Waals surface area contributed by atoms with Gasteiger partial charge in [-0.3, -0.25) is 9.69 Å². The van der Waals surface area contributed by atoms with Crippen LogP contribution in [0.2, 0.25) is 0 Å². The number of carboxylic acids is 1. The van der Waals surface area contributed by atoms with Crippen LogP contribution in [0.1, 0.15) is 62.2 Å². The van der Waals surface area contributed by atoms with Gasteiger partial charge in [-0.2, -0.15) is 0 Å². The van der Waals surface area contributed by atoms with Crippen LogP contribution < -0.4 is 9.47 Å². The van der Waals surface area contributed by atoms with Gasteiger partial charge in [0, 0.05) is 35.8 Å². The Morgan fingerprint density at radius 2 is 1.72 bits per heavy atom. The van der Waals surface area contributed by atoms with Crippen LogP contribution in [0.3, 0.4) is 0 Å². The monoisotopic (exact) mass is 538 g/mol. The number of benzene rings is 2. The number of halogens is 1. The molecule has 2 atom stereocenters. The fourth-order valence-corrected chi connectivity index (χ4v) is 4.31. The first-order valence-corrected chi connectivity index (χ1v) is 12.7. The number of methoxy groups -OCH3 is 1. The van der Waals surface area contributed by atoms with Gasteiger partial charge in [0.15, 0.2) is 0 Å². The van der Waals surface area contributed by atoms with Crippen molar-refractivity contribution in [3.05, 3.63) is 77.2 Å². The molecule has 1 heterocycles. The van der Waals surface area contributed by atoms with Gasteiger partial charge >= 0.3 is 11.9 Å². The number of aliphatic hydroxyl groups excluding tert-OH is 1. The lowest BCUT2D eigenvalue weighted by molar-refractivity contribution is -0.145. The van der Waals surface area contributed by atoms with E-state index >= 15 is 0 Å². The van der Waals surface area contributed by atoms with E-state index in [1.807, 2.05) is 0 Å². The Kier molecular flexibility index (Phi) is 9.77. The first kappa shape index (κ1) is 29.7. The first-order valence-electron chi connectivity index (χ1n) is 12.7. The van der Waals surface area contributed by atoms with Gasteiger partial charge in [-0.1, -0.05) is 18.2 Å². The standard InChI is InChI=1S/C30H35FN2O6/c1-17(2)33(18(3)4)16-23-12-20(24-14-27(38-6)32-15-25(24)31)10-11-26(23)39-30(37)22-9-7-8-21(13-22)28(34)19(5)29(35)36/h7-15,17-19,28,34H,16H2,1-6H3,(H,35,36)/t19-,28+/m0/s1. The van der Waals surface area contributed by atoms with Crippen molar-refractivity contribution in [1.82, 2.24) is 9.88 Å². The van der Waals surface area contributed by atoms with Gasteiger partial charge in [0.2, 0.25) is 5.88 Å². The minimum Gasteiger partial charge on any atom is -0.481 e. The van der Waals surface area contributed by atoms with E-state index < -0.39 is 29.8 Å². The van der Waals surface area contributed by atoms with Crippen LogP contribution in [0.15, 0.2) is 54.7 Å². The van der Waals surface area contributed by atoms with E-state index in [9.17, 15) is 24.2 Å². The van der Waals surface area contributed by atoms with Crippen molar-refractivity contribution in [1.29, 1.82) is 0 Å². The summed E-state index contributed by atoms with van der Waals surface area (Å²) in [7, 11) is 1.46. The number of carbonyl (C=O) groups excluding carboxylic acids is 1. The third-order valence-electron chi connectivity index (χ3n) is 6.62. The zero-order valence-electron chi connectivity index (χ0n) is 23.0. The number of esters is 1. The normalized spacial score (nSPS) is 13.0. The zero-order valence-corrected chi connectivity index (χ0v) is 23.0. The quantitative estimate of drug-likeness (QED) is 0.244. The van der Waals surface area contributed by atoms with Crippen molar-refractivity contribution in [2.45, 2.75) is 59.4 Å². The van der Waals surface area contributed by atoms with Crippen molar-refractivity contribution >= 4 is 11.9 Å². The lowest BCUT2D eigenvalue weighted by Crippen LogP contribution is -2.36. The predicted molar refractivity (Wildman–Crippen MR) is 145 cm³/mol. The molecule has 0 aliphatic heterocycles. The number of pyridine rings is 1. The van der Waals surface area contributed by atoms with Crippen LogP contribution in [0.5, 0.6) is 11.6 Å². The summed E-state index contributed by atoms with van der Waals surface area (Å²) in [6.07, 6.45) is -0.189. The van der Waals surface area contributed by atoms with Gasteiger partial charge in [-0.15, -0.1) is 0 Å². The van der Waals surface area contributed by atoms with Crippen molar-refractivity contribution in [2.24, 2.45) is 5.92 Å². The van der Waals surface area contributed by atoms with Gasteiger partial charge in [0.25, 0.3) is 0 Å². The summed E-state index contributed by atoms with van der Waals surface area (Å²) >= 11 is 0. The molecular weight excluding hydrogens is 503 g/mol. The number of nitrogens with zero attached hydrogens (tertiary/aromatic N) is 2. The topological polar surface area (TPSA) is 109 Å². The summed E-state index contributed by atoms with van der Waals surface area (Å²) in [5.74, 6) is -2.81. The van der Waals surface area contributed by atoms with Crippen molar-refractivity contribution < 1.29 is 33.7 Å². The van der Waals surface area contributed by atoms with E-state index in [4.69, 9.17) is 9.47 Å². The van der Waals surface area contributed by atoms with E-state index in [2.05, 4.69) is 37.6 Å². The number of carbonyl (C=O) groups is 2. The Balaban J connectivity index is 2.00. The summed E-state index contributed by atoms with van der Waals surface area (Å²) in [4.78, 5) is 30.6. The molecule has 0 saturated carbocycles. The number of aliphatic carboxylic acids is 1. The van der Waals surface area contributed by atoms with Crippen molar-refractivity contribution in [3.63, 3.8) is 0 Å². The maximum atomic E-state index is 14.7. The average molecular weight is 539 g/mol. The molecule has 0 spiro atoms. The number of aliphatic hydroxyl groups is 1. The molecule has 8 nitrogen and oxygen atoms in total. The predicted octanol–water partition coefficient (Wildman–Crippen LogP) is 5.49. The highest BCUT2D eigenvalue weighted by atomic mass is 19.1. The largest absolute Gasteiger partial charge is 0.481 e. The number of aromatic nitrogens is 1. The maximum Gasteiger partial charge on any atom is 0.343 e. The van der Waals surface area contributed by atoms with Crippen LogP contribution in [0.4, 0.5) is 4.39 Å². The highest BCUT2D eigenvalue weighted by molar-refractivity contribution is 5.91. The second kappa shape index (κ2) is 12.8. The van der Waals surface area contributed by atoms with Crippen LogP contribution in [0, 0.1) is 11.7 Å².